The summed E-state index contributed by atoms with van der Waals surface area (Å²) in [4.78, 5) is 24.9. The van der Waals surface area contributed by atoms with Crippen LogP contribution in [0.4, 0.5) is 5.69 Å². The molecule has 0 amide bonds. The number of anilines is 1. The Morgan fingerprint density at radius 2 is 1.62 bits per heavy atom. The zero-order valence-electron chi connectivity index (χ0n) is 10.7. The fourth-order valence-electron chi connectivity index (χ4n) is 2.18. The highest BCUT2D eigenvalue weighted by atomic mass is 79.9. The Bertz CT molecular complexity index is 784. The fraction of sp³-hybridized carbons (Fsp3) is 0. The summed E-state index contributed by atoms with van der Waals surface area (Å²) in [5.74, 6) is -0.656. The van der Waals surface area contributed by atoms with Gasteiger partial charge >= 0.3 is 0 Å². The molecule has 0 aliphatic heterocycles. The van der Waals surface area contributed by atoms with Crippen LogP contribution in [-0.4, -0.2) is 11.6 Å². The number of nitrogens with one attached hydrogen (secondary N) is 1. The summed E-state index contributed by atoms with van der Waals surface area (Å²) in [6.45, 7) is 0. The van der Waals surface area contributed by atoms with E-state index in [9.17, 15) is 9.59 Å². The first-order valence-corrected chi connectivity index (χ1v) is 7.36. The molecule has 0 radical (unpaired) electrons. The Morgan fingerprint density at radius 3 is 2.33 bits per heavy atom. The third-order valence-electron chi connectivity index (χ3n) is 3.17. The maximum atomic E-state index is 12.6. The van der Waals surface area contributed by atoms with Gasteiger partial charge in [-0.1, -0.05) is 57.9 Å². The molecule has 3 nitrogen and oxygen atoms in total. The standard InChI is InChI=1S/C16H9BrClNO2/c17-11-8-4-7-10-12(11)16(21)13(18)14(15(10)20)19-9-5-2-1-3-6-9/h1-8,19H. The van der Waals surface area contributed by atoms with Crippen molar-refractivity contribution in [3.63, 3.8) is 0 Å². The zero-order valence-corrected chi connectivity index (χ0v) is 13.0. The van der Waals surface area contributed by atoms with Crippen LogP contribution in [0.15, 0.2) is 63.7 Å². The van der Waals surface area contributed by atoms with Crippen LogP contribution in [-0.2, 0) is 0 Å². The maximum Gasteiger partial charge on any atom is 0.211 e. The molecule has 0 bridgehead atoms. The first-order chi connectivity index (χ1) is 10.1. The van der Waals surface area contributed by atoms with Gasteiger partial charge in [0.15, 0.2) is 0 Å². The van der Waals surface area contributed by atoms with E-state index in [1.54, 1.807) is 30.3 Å². The number of carbonyl (C=O) groups is 2. The van der Waals surface area contributed by atoms with Gasteiger partial charge in [-0.3, -0.25) is 9.59 Å². The van der Waals surface area contributed by atoms with Crippen LogP contribution >= 0.6 is 27.5 Å². The molecule has 0 atom stereocenters. The van der Waals surface area contributed by atoms with Gasteiger partial charge in [0.2, 0.25) is 11.6 Å². The molecule has 5 heteroatoms. The summed E-state index contributed by atoms with van der Waals surface area (Å²) in [5, 5.41) is 2.84. The van der Waals surface area contributed by atoms with Crippen molar-refractivity contribution in [1.29, 1.82) is 0 Å². The number of hydrogen-bond acceptors (Lipinski definition) is 3. The van der Waals surface area contributed by atoms with E-state index in [0.29, 0.717) is 21.3 Å². The molecule has 0 unspecified atom stereocenters. The smallest absolute Gasteiger partial charge is 0.211 e. The topological polar surface area (TPSA) is 46.2 Å². The summed E-state index contributed by atoms with van der Waals surface area (Å²) in [7, 11) is 0. The number of rotatable bonds is 2. The molecule has 1 aliphatic rings. The average Bonchev–Trinajstić information content (AvgIpc) is 2.50. The summed E-state index contributed by atoms with van der Waals surface area (Å²) < 4.78 is 0.565. The molecule has 2 aromatic carbocycles. The van der Waals surface area contributed by atoms with Crippen LogP contribution in [0.1, 0.15) is 20.7 Å². The monoisotopic (exact) mass is 361 g/mol. The molecular weight excluding hydrogens is 354 g/mol. The minimum absolute atomic E-state index is 0.0942. The predicted octanol–water partition coefficient (Wildman–Crippen LogP) is 4.39. The second-order valence-electron chi connectivity index (χ2n) is 4.50. The van der Waals surface area contributed by atoms with Gasteiger partial charge in [-0.2, -0.15) is 0 Å². The van der Waals surface area contributed by atoms with Gasteiger partial charge < -0.3 is 5.32 Å². The first kappa shape index (κ1) is 14.0. The number of allylic oxidation sites excluding steroid dienone is 2. The van der Waals surface area contributed by atoms with Gasteiger partial charge in [-0.25, -0.2) is 0 Å². The van der Waals surface area contributed by atoms with Crippen molar-refractivity contribution in [2.45, 2.75) is 0 Å². The van der Waals surface area contributed by atoms with Crippen molar-refractivity contribution in [2.24, 2.45) is 0 Å². The number of ketones is 2. The Labute approximate surface area is 134 Å². The molecule has 0 fully saturated rings. The van der Waals surface area contributed by atoms with Gasteiger partial charge in [0, 0.05) is 21.3 Å². The van der Waals surface area contributed by atoms with Crippen LogP contribution in [0.5, 0.6) is 0 Å². The van der Waals surface area contributed by atoms with E-state index in [0.717, 1.165) is 0 Å². The summed E-state index contributed by atoms with van der Waals surface area (Å²) in [6, 6.07) is 14.2. The Balaban J connectivity index is 2.09. The van der Waals surface area contributed by atoms with Gasteiger partial charge in [0.1, 0.15) is 10.7 Å². The van der Waals surface area contributed by atoms with Crippen molar-refractivity contribution in [1.82, 2.24) is 0 Å². The van der Waals surface area contributed by atoms with Crippen LogP contribution in [0, 0.1) is 0 Å². The Morgan fingerprint density at radius 1 is 0.905 bits per heavy atom. The van der Waals surface area contributed by atoms with E-state index in [2.05, 4.69) is 21.2 Å². The average molecular weight is 363 g/mol. The molecule has 0 aromatic heterocycles. The normalized spacial score (nSPS) is 14.2. The lowest BCUT2D eigenvalue weighted by atomic mass is 9.92. The first-order valence-electron chi connectivity index (χ1n) is 6.19. The van der Waals surface area contributed by atoms with E-state index >= 15 is 0 Å². The molecule has 21 heavy (non-hydrogen) atoms. The molecule has 0 spiro atoms. The number of hydrogen-bond donors (Lipinski definition) is 1. The zero-order chi connectivity index (χ0) is 15.0. The summed E-state index contributed by atoms with van der Waals surface area (Å²) in [5.41, 5.74) is 1.46. The summed E-state index contributed by atoms with van der Waals surface area (Å²) >= 11 is 9.39. The van der Waals surface area contributed by atoms with E-state index < -0.39 is 0 Å². The lowest BCUT2D eigenvalue weighted by Gasteiger charge is -2.19. The Hall–Kier alpha value is -1.91. The largest absolute Gasteiger partial charge is 0.351 e. The van der Waals surface area contributed by atoms with E-state index in [4.69, 9.17) is 11.6 Å². The lowest BCUT2D eigenvalue weighted by molar-refractivity contribution is 0.0981. The van der Waals surface area contributed by atoms with Gasteiger partial charge in [-0.15, -0.1) is 0 Å². The second-order valence-corrected chi connectivity index (χ2v) is 5.73. The molecule has 3 rings (SSSR count). The maximum absolute atomic E-state index is 12.6. The number of benzene rings is 2. The SMILES string of the molecule is O=C1C(Nc2ccccc2)=C(Cl)C(=O)c2c(Br)cccc21. The van der Waals surface area contributed by atoms with Crippen LogP contribution < -0.4 is 5.32 Å². The number of fused-ring (bicyclic) bond motifs is 1. The van der Waals surface area contributed by atoms with Crippen molar-refractivity contribution >= 4 is 44.8 Å². The van der Waals surface area contributed by atoms with Gasteiger partial charge in [0.25, 0.3) is 0 Å². The lowest BCUT2D eigenvalue weighted by Crippen LogP contribution is -2.24. The van der Waals surface area contributed by atoms with Crippen LogP contribution in [0.25, 0.3) is 0 Å². The molecule has 1 N–H and O–H groups in total. The second kappa shape index (κ2) is 5.47. The molecule has 0 saturated heterocycles. The van der Waals surface area contributed by atoms with Crippen molar-refractivity contribution < 1.29 is 9.59 Å². The van der Waals surface area contributed by atoms with Gasteiger partial charge in [0.05, 0.1) is 0 Å². The number of halogens is 2. The highest BCUT2D eigenvalue weighted by Crippen LogP contribution is 2.33. The van der Waals surface area contributed by atoms with E-state index in [-0.39, 0.29) is 22.3 Å². The third kappa shape index (κ3) is 2.41. The molecule has 0 heterocycles. The van der Waals surface area contributed by atoms with E-state index in [1.165, 1.54) is 0 Å². The van der Waals surface area contributed by atoms with Crippen molar-refractivity contribution in [3.05, 3.63) is 74.9 Å². The number of carbonyl (C=O) groups excluding carboxylic acids is 2. The highest BCUT2D eigenvalue weighted by Gasteiger charge is 2.32. The Kier molecular flexibility index (Phi) is 3.66. The van der Waals surface area contributed by atoms with Crippen LogP contribution in [0.3, 0.4) is 0 Å². The molecule has 0 saturated carbocycles. The van der Waals surface area contributed by atoms with E-state index in [1.807, 2.05) is 18.2 Å². The predicted molar refractivity (Wildman–Crippen MR) is 85.7 cm³/mol. The van der Waals surface area contributed by atoms with Crippen LogP contribution in [0.2, 0.25) is 0 Å². The number of para-hydroxylation sites is 1. The highest BCUT2D eigenvalue weighted by molar-refractivity contribution is 9.10. The van der Waals surface area contributed by atoms with Gasteiger partial charge in [-0.05, 0) is 18.2 Å². The molecule has 2 aromatic rings. The number of Topliss-reactive ketones (excluding diaryl/α,β-unsaturated/α-hetero) is 2. The third-order valence-corrected chi connectivity index (χ3v) is 4.20. The molecule has 104 valence electrons. The molecular formula is C16H9BrClNO2. The summed E-state index contributed by atoms with van der Waals surface area (Å²) in [6.07, 6.45) is 0. The minimum Gasteiger partial charge on any atom is -0.351 e. The van der Waals surface area contributed by atoms with Crippen molar-refractivity contribution in [3.8, 4) is 0 Å². The fourth-order valence-corrected chi connectivity index (χ4v) is 2.95. The quantitative estimate of drug-likeness (QED) is 0.862. The minimum atomic E-state index is -0.364. The molecule has 1 aliphatic carbocycles. The van der Waals surface area contributed by atoms with Crippen molar-refractivity contribution in [2.75, 3.05) is 5.32 Å².